The van der Waals surface area contributed by atoms with E-state index in [9.17, 15) is 27.2 Å². The third-order valence-electron chi connectivity index (χ3n) is 7.99. The van der Waals surface area contributed by atoms with Gasteiger partial charge in [-0.15, -0.1) is 0 Å². The summed E-state index contributed by atoms with van der Waals surface area (Å²) in [7, 11) is 0. The molecule has 0 saturated carbocycles. The standard InChI is InChI=1S/C30H35F4N7O3S/c1-4-44-26(42)17-39-8-9-41(19(3)15-39)25-14-35-23(13-36-25)28(43)38-29-37-27(24(45-29)16-40-7-5-6-18(40)2)20-10-21(30(32,33)34)12-22(31)11-20/h10-14,18-19H,4-9,15-17H2,1-3H3,(H,37,38,43)/t18-,19-/m1/s1. The van der Waals surface area contributed by atoms with Gasteiger partial charge < -0.3 is 9.64 Å². The monoisotopic (exact) mass is 649 g/mol. The molecule has 2 aliphatic heterocycles. The van der Waals surface area contributed by atoms with Crippen LogP contribution in [0.4, 0.5) is 28.5 Å². The highest BCUT2D eigenvalue weighted by molar-refractivity contribution is 7.16. The molecule has 4 heterocycles. The fourth-order valence-electron chi connectivity index (χ4n) is 5.69. The molecule has 242 valence electrons. The largest absolute Gasteiger partial charge is 0.465 e. The Balaban J connectivity index is 1.31. The topological polar surface area (TPSA) is 104 Å². The Bertz CT molecular complexity index is 1520. The zero-order valence-electron chi connectivity index (χ0n) is 25.2. The lowest BCUT2D eigenvalue weighted by Gasteiger charge is -2.39. The van der Waals surface area contributed by atoms with Gasteiger partial charge in [0, 0.05) is 48.7 Å². The number of amides is 1. The van der Waals surface area contributed by atoms with Crippen LogP contribution in [0.25, 0.3) is 11.3 Å². The van der Waals surface area contributed by atoms with Crippen LogP contribution in [-0.2, 0) is 22.3 Å². The molecule has 45 heavy (non-hydrogen) atoms. The molecule has 0 unspecified atom stereocenters. The molecule has 2 atom stereocenters. The van der Waals surface area contributed by atoms with Gasteiger partial charge in [-0.2, -0.15) is 13.2 Å². The zero-order chi connectivity index (χ0) is 32.3. The second-order valence-corrected chi connectivity index (χ2v) is 12.4. The van der Waals surface area contributed by atoms with Gasteiger partial charge in [-0.25, -0.2) is 19.3 Å². The van der Waals surface area contributed by atoms with Gasteiger partial charge in [0.25, 0.3) is 5.91 Å². The number of aromatic nitrogens is 3. The molecule has 2 aliphatic rings. The summed E-state index contributed by atoms with van der Waals surface area (Å²) in [6, 6.07) is 2.66. The molecule has 2 aromatic heterocycles. The molecule has 5 rings (SSSR count). The number of carbonyl (C=O) groups excluding carboxylic acids is 2. The highest BCUT2D eigenvalue weighted by atomic mass is 32.1. The minimum atomic E-state index is -4.73. The fourth-order valence-corrected chi connectivity index (χ4v) is 6.70. The average molecular weight is 650 g/mol. The number of ether oxygens (including phenoxy) is 1. The number of halogens is 4. The molecular weight excluding hydrogens is 614 g/mol. The van der Waals surface area contributed by atoms with Crippen LogP contribution in [0.5, 0.6) is 0 Å². The Morgan fingerprint density at radius 3 is 2.53 bits per heavy atom. The Kier molecular flexibility index (Phi) is 9.99. The van der Waals surface area contributed by atoms with Crippen molar-refractivity contribution in [3.63, 3.8) is 0 Å². The maximum absolute atomic E-state index is 14.3. The number of thiazole rings is 1. The van der Waals surface area contributed by atoms with E-state index in [1.165, 1.54) is 12.4 Å². The van der Waals surface area contributed by atoms with E-state index in [2.05, 4.69) is 32.1 Å². The summed E-state index contributed by atoms with van der Waals surface area (Å²) in [6.45, 7) is 9.50. The summed E-state index contributed by atoms with van der Waals surface area (Å²) in [5.41, 5.74) is -0.899. The first-order valence-electron chi connectivity index (χ1n) is 14.8. The van der Waals surface area contributed by atoms with E-state index in [0.29, 0.717) is 49.5 Å². The number of piperazine rings is 1. The van der Waals surface area contributed by atoms with E-state index in [4.69, 9.17) is 4.74 Å². The quantitative estimate of drug-likeness (QED) is 0.252. The van der Waals surface area contributed by atoms with Gasteiger partial charge in [-0.1, -0.05) is 11.3 Å². The van der Waals surface area contributed by atoms with Crippen LogP contribution in [0.1, 0.15) is 54.5 Å². The maximum atomic E-state index is 14.3. The van der Waals surface area contributed by atoms with Crippen molar-refractivity contribution in [1.29, 1.82) is 0 Å². The smallest absolute Gasteiger partial charge is 0.416 e. The summed E-state index contributed by atoms with van der Waals surface area (Å²) < 4.78 is 59.8. The van der Waals surface area contributed by atoms with E-state index >= 15 is 0 Å². The SMILES string of the molecule is CCOC(=O)CN1CCN(c2cnc(C(=O)Nc3nc(-c4cc(F)cc(C(F)(F)F)c4)c(CN4CCC[C@H]4C)s3)cn2)[C@H](C)C1. The number of nitrogens with one attached hydrogen (secondary N) is 1. The van der Waals surface area contributed by atoms with Crippen molar-refractivity contribution in [2.45, 2.75) is 58.4 Å². The number of benzene rings is 1. The van der Waals surface area contributed by atoms with Crippen LogP contribution < -0.4 is 10.2 Å². The van der Waals surface area contributed by atoms with Gasteiger partial charge in [-0.3, -0.25) is 24.7 Å². The Morgan fingerprint density at radius 1 is 1.09 bits per heavy atom. The molecule has 1 amide bonds. The molecule has 1 N–H and O–H groups in total. The summed E-state index contributed by atoms with van der Waals surface area (Å²) in [5, 5.41) is 2.85. The van der Waals surface area contributed by atoms with E-state index in [-0.39, 0.29) is 46.7 Å². The number of anilines is 2. The number of likely N-dealkylation sites (tertiary alicyclic amines) is 1. The Labute approximate surface area is 262 Å². The highest BCUT2D eigenvalue weighted by Gasteiger charge is 2.33. The Morgan fingerprint density at radius 2 is 1.89 bits per heavy atom. The summed E-state index contributed by atoms with van der Waals surface area (Å²) in [5.74, 6) is -1.29. The number of hydrogen-bond donors (Lipinski definition) is 1. The number of rotatable bonds is 9. The first kappa shape index (κ1) is 32.7. The van der Waals surface area contributed by atoms with E-state index < -0.39 is 23.5 Å². The average Bonchev–Trinajstić information content (AvgIpc) is 3.58. The van der Waals surface area contributed by atoms with Gasteiger partial charge in [0.2, 0.25) is 0 Å². The van der Waals surface area contributed by atoms with Crippen molar-refractivity contribution in [2.75, 3.05) is 49.5 Å². The molecule has 2 saturated heterocycles. The maximum Gasteiger partial charge on any atom is 0.416 e. The van der Waals surface area contributed by atoms with Crippen molar-refractivity contribution in [3.05, 3.63) is 52.5 Å². The summed E-state index contributed by atoms with van der Waals surface area (Å²) in [6.07, 6.45) is 0.115. The lowest BCUT2D eigenvalue weighted by Crippen LogP contribution is -2.53. The van der Waals surface area contributed by atoms with Crippen LogP contribution >= 0.6 is 11.3 Å². The van der Waals surface area contributed by atoms with E-state index in [1.807, 2.05) is 16.7 Å². The third-order valence-corrected chi connectivity index (χ3v) is 8.94. The van der Waals surface area contributed by atoms with Gasteiger partial charge in [0.1, 0.15) is 17.3 Å². The summed E-state index contributed by atoms with van der Waals surface area (Å²) in [4.78, 5) is 45.0. The molecule has 10 nitrogen and oxygen atoms in total. The number of esters is 1. The van der Waals surface area contributed by atoms with Crippen molar-refractivity contribution in [3.8, 4) is 11.3 Å². The zero-order valence-corrected chi connectivity index (χ0v) is 26.1. The molecule has 0 bridgehead atoms. The van der Waals surface area contributed by atoms with Crippen LogP contribution in [0.3, 0.4) is 0 Å². The van der Waals surface area contributed by atoms with Crippen molar-refractivity contribution >= 4 is 34.2 Å². The van der Waals surface area contributed by atoms with Gasteiger partial charge in [-0.05, 0) is 58.4 Å². The third kappa shape index (κ3) is 7.94. The lowest BCUT2D eigenvalue weighted by molar-refractivity contribution is -0.144. The van der Waals surface area contributed by atoms with Crippen LogP contribution in [0, 0.1) is 5.82 Å². The predicted octanol–water partition coefficient (Wildman–Crippen LogP) is 5.07. The van der Waals surface area contributed by atoms with E-state index in [0.717, 1.165) is 42.9 Å². The molecule has 0 radical (unpaired) electrons. The number of nitrogens with zero attached hydrogens (tertiary/aromatic N) is 6. The van der Waals surface area contributed by atoms with Crippen molar-refractivity contribution < 1.29 is 31.9 Å². The fraction of sp³-hybridized carbons (Fsp3) is 0.500. The molecule has 0 spiro atoms. The lowest BCUT2D eigenvalue weighted by atomic mass is 10.1. The highest BCUT2D eigenvalue weighted by Crippen LogP contribution is 2.38. The normalized spacial score (nSPS) is 19.6. The van der Waals surface area contributed by atoms with E-state index in [1.54, 1.807) is 6.92 Å². The first-order valence-corrected chi connectivity index (χ1v) is 15.6. The van der Waals surface area contributed by atoms with Gasteiger partial charge >= 0.3 is 12.1 Å². The number of alkyl halides is 3. The van der Waals surface area contributed by atoms with Crippen molar-refractivity contribution in [1.82, 2.24) is 24.8 Å². The van der Waals surface area contributed by atoms with Crippen LogP contribution in [0.15, 0.2) is 30.6 Å². The minimum Gasteiger partial charge on any atom is -0.465 e. The molecule has 1 aromatic carbocycles. The molecule has 2 fully saturated rings. The first-order chi connectivity index (χ1) is 21.4. The molecule has 15 heteroatoms. The summed E-state index contributed by atoms with van der Waals surface area (Å²) >= 11 is 1.14. The van der Waals surface area contributed by atoms with Crippen LogP contribution in [0.2, 0.25) is 0 Å². The second kappa shape index (κ2) is 13.7. The Hall–Kier alpha value is -3.69. The van der Waals surface area contributed by atoms with Crippen molar-refractivity contribution in [2.24, 2.45) is 0 Å². The predicted molar refractivity (Wildman–Crippen MR) is 161 cm³/mol. The molecule has 0 aliphatic carbocycles. The number of carbonyl (C=O) groups is 2. The van der Waals surface area contributed by atoms with Gasteiger partial charge in [0.15, 0.2) is 5.13 Å². The molecular formula is C30H35F4N7O3S. The van der Waals surface area contributed by atoms with Crippen LogP contribution in [-0.4, -0.2) is 88.0 Å². The second-order valence-electron chi connectivity index (χ2n) is 11.3. The minimum absolute atomic E-state index is 0.0125. The van der Waals surface area contributed by atoms with Gasteiger partial charge in [0.05, 0.1) is 36.8 Å². The molecule has 3 aromatic rings. The number of hydrogen-bond acceptors (Lipinski definition) is 10.